The number of nitrogens with two attached hydrogens (primary N) is 1. The van der Waals surface area contributed by atoms with E-state index in [1.807, 2.05) is 0 Å². The van der Waals surface area contributed by atoms with E-state index in [0.29, 0.717) is 5.41 Å². The molecule has 1 aromatic rings. The van der Waals surface area contributed by atoms with Gasteiger partial charge in [-0.15, -0.1) is 0 Å². The SMILES string of the molecule is CCC(N)Cc1ccc(N2CCC(C)(C)C2)cc1Br. The lowest BCUT2D eigenvalue weighted by Gasteiger charge is -2.22. The third-order valence-electron chi connectivity index (χ3n) is 4.09. The molecule has 1 aliphatic heterocycles. The third-order valence-corrected chi connectivity index (χ3v) is 4.82. The van der Waals surface area contributed by atoms with Gasteiger partial charge in [-0.25, -0.2) is 0 Å². The van der Waals surface area contributed by atoms with E-state index in [-0.39, 0.29) is 6.04 Å². The highest BCUT2D eigenvalue weighted by molar-refractivity contribution is 9.10. The minimum absolute atomic E-state index is 0.257. The molecule has 0 spiro atoms. The lowest BCUT2D eigenvalue weighted by Crippen LogP contribution is -2.23. The van der Waals surface area contributed by atoms with Gasteiger partial charge in [0, 0.05) is 29.3 Å². The lowest BCUT2D eigenvalue weighted by atomic mass is 9.93. The van der Waals surface area contributed by atoms with Crippen molar-refractivity contribution in [3.8, 4) is 0 Å². The Morgan fingerprint density at radius 1 is 1.42 bits per heavy atom. The minimum atomic E-state index is 0.257. The first kappa shape index (κ1) is 14.9. The summed E-state index contributed by atoms with van der Waals surface area (Å²) in [5, 5.41) is 0. The van der Waals surface area contributed by atoms with Crippen LogP contribution in [0.4, 0.5) is 5.69 Å². The molecule has 3 heteroatoms. The van der Waals surface area contributed by atoms with E-state index in [9.17, 15) is 0 Å². The van der Waals surface area contributed by atoms with Crippen molar-refractivity contribution >= 4 is 21.6 Å². The Morgan fingerprint density at radius 2 is 2.16 bits per heavy atom. The molecule has 0 radical (unpaired) electrons. The summed E-state index contributed by atoms with van der Waals surface area (Å²) in [5.41, 5.74) is 9.12. The number of rotatable bonds is 4. The number of nitrogens with zero attached hydrogens (tertiary/aromatic N) is 1. The summed E-state index contributed by atoms with van der Waals surface area (Å²) in [6, 6.07) is 6.97. The van der Waals surface area contributed by atoms with Crippen LogP contribution in [-0.4, -0.2) is 19.1 Å². The average molecular weight is 325 g/mol. The second kappa shape index (κ2) is 5.84. The molecule has 1 saturated heterocycles. The highest BCUT2D eigenvalue weighted by Gasteiger charge is 2.29. The van der Waals surface area contributed by atoms with E-state index >= 15 is 0 Å². The van der Waals surface area contributed by atoms with E-state index in [0.717, 1.165) is 25.9 Å². The molecule has 0 aliphatic carbocycles. The highest BCUT2D eigenvalue weighted by atomic mass is 79.9. The average Bonchev–Trinajstić information content (AvgIpc) is 2.72. The Morgan fingerprint density at radius 3 is 2.68 bits per heavy atom. The number of hydrogen-bond donors (Lipinski definition) is 1. The van der Waals surface area contributed by atoms with E-state index in [1.54, 1.807) is 0 Å². The molecular formula is C16H25BrN2. The van der Waals surface area contributed by atoms with E-state index in [2.05, 4.69) is 59.8 Å². The maximum Gasteiger partial charge on any atom is 0.0377 e. The molecule has 19 heavy (non-hydrogen) atoms. The quantitative estimate of drug-likeness (QED) is 0.908. The number of anilines is 1. The van der Waals surface area contributed by atoms with Crippen molar-refractivity contribution < 1.29 is 0 Å². The second-order valence-corrected chi connectivity index (χ2v) is 7.34. The normalized spacial score (nSPS) is 19.7. The molecule has 1 heterocycles. The van der Waals surface area contributed by atoms with Crippen LogP contribution in [-0.2, 0) is 6.42 Å². The fourth-order valence-corrected chi connectivity index (χ4v) is 3.19. The molecule has 2 N–H and O–H groups in total. The lowest BCUT2D eigenvalue weighted by molar-refractivity contribution is 0.418. The minimum Gasteiger partial charge on any atom is -0.371 e. The van der Waals surface area contributed by atoms with Crippen LogP contribution in [0.3, 0.4) is 0 Å². The zero-order valence-electron chi connectivity index (χ0n) is 12.2. The van der Waals surface area contributed by atoms with E-state index in [1.165, 1.54) is 22.1 Å². The van der Waals surface area contributed by atoms with Gasteiger partial charge in [-0.2, -0.15) is 0 Å². The predicted octanol–water partition coefficient (Wildman–Crippen LogP) is 3.97. The fraction of sp³-hybridized carbons (Fsp3) is 0.625. The van der Waals surface area contributed by atoms with Crippen LogP contribution in [0.1, 0.15) is 39.2 Å². The van der Waals surface area contributed by atoms with Crippen molar-refractivity contribution in [3.05, 3.63) is 28.2 Å². The van der Waals surface area contributed by atoms with Gasteiger partial charge in [-0.05, 0) is 42.4 Å². The summed E-state index contributed by atoms with van der Waals surface area (Å²) in [6.07, 6.45) is 3.24. The molecule has 1 aliphatic rings. The molecule has 2 rings (SSSR count). The topological polar surface area (TPSA) is 29.3 Å². The van der Waals surface area contributed by atoms with Gasteiger partial charge in [0.2, 0.25) is 0 Å². The number of benzene rings is 1. The molecule has 0 bridgehead atoms. The molecular weight excluding hydrogens is 300 g/mol. The number of halogens is 1. The zero-order valence-corrected chi connectivity index (χ0v) is 13.8. The molecule has 0 amide bonds. The molecule has 1 unspecified atom stereocenters. The molecule has 1 aromatic carbocycles. The Hall–Kier alpha value is -0.540. The maximum atomic E-state index is 6.04. The standard InChI is InChI=1S/C16H25BrN2/c1-4-13(18)9-12-5-6-14(10-15(12)17)19-8-7-16(2,3)11-19/h5-6,10,13H,4,7-9,11,18H2,1-3H3. The molecule has 1 fully saturated rings. The van der Waals surface area contributed by atoms with E-state index < -0.39 is 0 Å². The van der Waals surface area contributed by atoms with Crippen molar-refractivity contribution in [2.75, 3.05) is 18.0 Å². The maximum absolute atomic E-state index is 6.04. The molecule has 0 saturated carbocycles. The largest absolute Gasteiger partial charge is 0.371 e. The van der Waals surface area contributed by atoms with Crippen molar-refractivity contribution in [1.29, 1.82) is 0 Å². The summed E-state index contributed by atoms with van der Waals surface area (Å²) in [6.45, 7) is 9.13. The van der Waals surface area contributed by atoms with Gasteiger partial charge in [0.15, 0.2) is 0 Å². The van der Waals surface area contributed by atoms with E-state index in [4.69, 9.17) is 5.73 Å². The van der Waals surface area contributed by atoms with Gasteiger partial charge in [-0.1, -0.05) is 42.8 Å². The Kier molecular flexibility index (Phi) is 4.57. The number of hydrogen-bond acceptors (Lipinski definition) is 2. The molecule has 2 nitrogen and oxygen atoms in total. The van der Waals surface area contributed by atoms with Crippen LogP contribution < -0.4 is 10.6 Å². The highest BCUT2D eigenvalue weighted by Crippen LogP contribution is 2.34. The van der Waals surface area contributed by atoms with Crippen LogP contribution in [0, 0.1) is 5.41 Å². The summed E-state index contributed by atoms with van der Waals surface area (Å²) in [5.74, 6) is 0. The monoisotopic (exact) mass is 324 g/mol. The van der Waals surface area contributed by atoms with Gasteiger partial charge in [-0.3, -0.25) is 0 Å². The smallest absolute Gasteiger partial charge is 0.0377 e. The molecule has 1 atom stereocenters. The third kappa shape index (κ3) is 3.73. The summed E-state index contributed by atoms with van der Waals surface area (Å²) in [7, 11) is 0. The predicted molar refractivity (Wildman–Crippen MR) is 86.7 cm³/mol. The van der Waals surface area contributed by atoms with Crippen LogP contribution >= 0.6 is 15.9 Å². The van der Waals surface area contributed by atoms with Crippen molar-refractivity contribution in [1.82, 2.24) is 0 Å². The zero-order chi connectivity index (χ0) is 14.0. The van der Waals surface area contributed by atoms with Gasteiger partial charge < -0.3 is 10.6 Å². The molecule has 106 valence electrons. The van der Waals surface area contributed by atoms with Gasteiger partial charge >= 0.3 is 0 Å². The van der Waals surface area contributed by atoms with Gasteiger partial charge in [0.05, 0.1) is 0 Å². The first-order valence-corrected chi connectivity index (χ1v) is 7.99. The van der Waals surface area contributed by atoms with Gasteiger partial charge in [0.1, 0.15) is 0 Å². The van der Waals surface area contributed by atoms with Crippen LogP contribution in [0.5, 0.6) is 0 Å². The van der Waals surface area contributed by atoms with Crippen LogP contribution in [0.25, 0.3) is 0 Å². The second-order valence-electron chi connectivity index (χ2n) is 6.48. The van der Waals surface area contributed by atoms with Crippen molar-refractivity contribution in [3.63, 3.8) is 0 Å². The first-order chi connectivity index (χ1) is 8.91. The summed E-state index contributed by atoms with van der Waals surface area (Å²) < 4.78 is 1.19. The summed E-state index contributed by atoms with van der Waals surface area (Å²) in [4.78, 5) is 2.48. The van der Waals surface area contributed by atoms with Crippen LogP contribution in [0.15, 0.2) is 22.7 Å². The summed E-state index contributed by atoms with van der Waals surface area (Å²) >= 11 is 3.70. The Balaban J connectivity index is 2.11. The fourth-order valence-electron chi connectivity index (χ4n) is 2.66. The Labute approximate surface area is 125 Å². The van der Waals surface area contributed by atoms with Crippen molar-refractivity contribution in [2.45, 2.75) is 46.1 Å². The Bertz CT molecular complexity index is 442. The first-order valence-electron chi connectivity index (χ1n) is 7.20. The van der Waals surface area contributed by atoms with Crippen LogP contribution in [0.2, 0.25) is 0 Å². The van der Waals surface area contributed by atoms with Gasteiger partial charge in [0.25, 0.3) is 0 Å². The molecule has 0 aromatic heterocycles. The van der Waals surface area contributed by atoms with Crippen molar-refractivity contribution in [2.24, 2.45) is 11.1 Å².